The van der Waals surface area contributed by atoms with Crippen molar-refractivity contribution in [2.75, 3.05) is 23.7 Å². The lowest BCUT2D eigenvalue weighted by molar-refractivity contribution is -0.115. The molecule has 3 fully saturated rings. The van der Waals surface area contributed by atoms with Crippen LogP contribution in [0.15, 0.2) is 42.2 Å². The summed E-state index contributed by atoms with van der Waals surface area (Å²) in [6.45, 7) is 8.27. The van der Waals surface area contributed by atoms with Crippen LogP contribution in [0, 0.1) is 0 Å². The number of benzene rings is 1. The fourth-order valence-corrected chi connectivity index (χ4v) is 5.09. The zero-order valence-electron chi connectivity index (χ0n) is 21.7. The Hall–Kier alpha value is -3.96. The van der Waals surface area contributed by atoms with E-state index in [1.54, 1.807) is 16.8 Å². The summed E-state index contributed by atoms with van der Waals surface area (Å²) in [5.41, 5.74) is 3.50. The third-order valence-electron chi connectivity index (χ3n) is 7.09. The number of morpholine rings is 1. The van der Waals surface area contributed by atoms with Gasteiger partial charge < -0.3 is 20.7 Å². The first-order valence-electron chi connectivity index (χ1n) is 13.1. The average Bonchev–Trinajstić information content (AvgIpc) is 3.51. The Kier molecular flexibility index (Phi) is 6.24. The van der Waals surface area contributed by atoms with E-state index in [0.29, 0.717) is 23.1 Å². The number of imide groups is 1. The van der Waals surface area contributed by atoms with Gasteiger partial charge in [0.05, 0.1) is 18.4 Å². The molecule has 1 saturated carbocycles. The standard InChI is InChI=1S/C27H32N8O3/c1-15-13-34(14-16(2)38-15)17(3)18-5-4-6-21(9-18)29-23-11-24(30-20-7-8-20)35-25(32-23)19(12-28-35)10-22-26(36)33-27(37)31-22/h4-6,9-12,15-17,20,30H,7-8,13-14H2,1-3H3,(H,29,32)(H2,31,33,36,37)/b22-10-. The monoisotopic (exact) mass is 516 g/mol. The molecule has 3 atom stereocenters. The van der Waals surface area contributed by atoms with Gasteiger partial charge in [-0.05, 0) is 57.4 Å². The van der Waals surface area contributed by atoms with Crippen molar-refractivity contribution in [2.45, 2.75) is 57.9 Å². The van der Waals surface area contributed by atoms with E-state index in [1.807, 2.05) is 12.1 Å². The van der Waals surface area contributed by atoms with E-state index in [0.717, 1.165) is 37.4 Å². The maximum absolute atomic E-state index is 12.1. The second-order valence-electron chi connectivity index (χ2n) is 10.4. The highest BCUT2D eigenvalue weighted by atomic mass is 16.5. The fourth-order valence-electron chi connectivity index (χ4n) is 5.09. The van der Waals surface area contributed by atoms with Crippen LogP contribution in [-0.2, 0) is 9.53 Å². The summed E-state index contributed by atoms with van der Waals surface area (Å²) in [6.07, 6.45) is 5.86. The lowest BCUT2D eigenvalue weighted by atomic mass is 10.0. The van der Waals surface area contributed by atoms with Gasteiger partial charge in [0.2, 0.25) is 0 Å². The number of rotatable bonds is 7. The minimum Gasteiger partial charge on any atom is -0.373 e. The molecule has 3 aromatic rings. The average molecular weight is 517 g/mol. The molecule has 198 valence electrons. The Morgan fingerprint density at radius 2 is 1.92 bits per heavy atom. The third-order valence-corrected chi connectivity index (χ3v) is 7.09. The van der Waals surface area contributed by atoms with E-state index in [-0.39, 0.29) is 23.9 Å². The fraction of sp³-hybridized carbons (Fsp3) is 0.407. The Bertz CT molecular complexity index is 1420. The van der Waals surface area contributed by atoms with E-state index < -0.39 is 11.9 Å². The van der Waals surface area contributed by atoms with Gasteiger partial charge in [0, 0.05) is 42.5 Å². The molecular formula is C27H32N8O3. The zero-order chi connectivity index (χ0) is 26.4. The van der Waals surface area contributed by atoms with Crippen LogP contribution in [0.1, 0.15) is 50.8 Å². The summed E-state index contributed by atoms with van der Waals surface area (Å²) in [4.78, 5) is 30.9. The summed E-state index contributed by atoms with van der Waals surface area (Å²) in [7, 11) is 0. The number of carbonyl (C=O) groups is 2. The number of hydrogen-bond donors (Lipinski definition) is 4. The summed E-state index contributed by atoms with van der Waals surface area (Å²) < 4.78 is 7.64. The van der Waals surface area contributed by atoms with Gasteiger partial charge in [0.1, 0.15) is 17.3 Å². The molecule has 38 heavy (non-hydrogen) atoms. The predicted molar refractivity (Wildman–Crippen MR) is 144 cm³/mol. The van der Waals surface area contributed by atoms with Crippen molar-refractivity contribution in [3.63, 3.8) is 0 Å². The van der Waals surface area contributed by atoms with Gasteiger partial charge in [0.25, 0.3) is 5.91 Å². The molecule has 2 aromatic heterocycles. The number of urea groups is 1. The number of carbonyl (C=O) groups excluding carboxylic acids is 2. The van der Waals surface area contributed by atoms with Crippen LogP contribution in [-0.4, -0.2) is 62.8 Å². The first-order chi connectivity index (χ1) is 18.3. The van der Waals surface area contributed by atoms with Gasteiger partial charge in [-0.2, -0.15) is 9.61 Å². The van der Waals surface area contributed by atoms with Gasteiger partial charge in [-0.3, -0.25) is 15.0 Å². The summed E-state index contributed by atoms with van der Waals surface area (Å²) in [6, 6.07) is 10.4. The van der Waals surface area contributed by atoms with Crippen LogP contribution in [0.25, 0.3) is 11.7 Å². The number of amides is 3. The van der Waals surface area contributed by atoms with Gasteiger partial charge >= 0.3 is 6.03 Å². The molecule has 0 spiro atoms. The SMILES string of the molecule is CC1CN(C(C)c2cccc(Nc3cc(NC4CC4)n4ncc(/C=C5\NC(=O)NC5=O)c4n3)c2)CC(C)O1. The molecule has 3 unspecified atom stereocenters. The first kappa shape index (κ1) is 24.4. The third kappa shape index (κ3) is 5.07. The van der Waals surface area contributed by atoms with Gasteiger partial charge in [-0.1, -0.05) is 12.1 Å². The van der Waals surface area contributed by atoms with E-state index in [9.17, 15) is 9.59 Å². The molecular weight excluding hydrogens is 484 g/mol. The van der Waals surface area contributed by atoms with Crippen LogP contribution >= 0.6 is 0 Å². The topological polar surface area (TPSA) is 125 Å². The zero-order valence-corrected chi connectivity index (χ0v) is 21.7. The second kappa shape index (κ2) is 9.73. The number of nitrogens with zero attached hydrogens (tertiary/aromatic N) is 4. The maximum atomic E-state index is 12.1. The molecule has 4 N–H and O–H groups in total. The molecule has 0 radical (unpaired) electrons. The minimum atomic E-state index is -0.542. The lowest BCUT2D eigenvalue weighted by Gasteiger charge is -2.39. The van der Waals surface area contributed by atoms with E-state index >= 15 is 0 Å². The molecule has 6 rings (SSSR count). The number of anilines is 3. The molecule has 11 heteroatoms. The van der Waals surface area contributed by atoms with Crippen molar-refractivity contribution < 1.29 is 14.3 Å². The van der Waals surface area contributed by atoms with Crippen molar-refractivity contribution in [1.29, 1.82) is 0 Å². The van der Waals surface area contributed by atoms with Crippen molar-refractivity contribution in [3.8, 4) is 0 Å². The first-order valence-corrected chi connectivity index (χ1v) is 13.1. The van der Waals surface area contributed by atoms with Crippen LogP contribution in [0.4, 0.5) is 22.1 Å². The van der Waals surface area contributed by atoms with E-state index in [2.05, 4.69) is 70.2 Å². The lowest BCUT2D eigenvalue weighted by Crippen LogP contribution is -2.46. The summed E-state index contributed by atoms with van der Waals surface area (Å²) in [5.74, 6) is 0.986. The smallest absolute Gasteiger partial charge is 0.326 e. The Morgan fingerprint density at radius 3 is 2.63 bits per heavy atom. The quantitative estimate of drug-likeness (QED) is 0.278. The molecule has 3 amide bonds. The van der Waals surface area contributed by atoms with Crippen molar-refractivity contribution in [3.05, 3.63) is 53.4 Å². The highest BCUT2D eigenvalue weighted by molar-refractivity contribution is 6.14. The molecule has 11 nitrogen and oxygen atoms in total. The minimum absolute atomic E-state index is 0.162. The molecule has 2 aliphatic heterocycles. The molecule has 1 aromatic carbocycles. The van der Waals surface area contributed by atoms with Crippen molar-refractivity contribution in [2.24, 2.45) is 0 Å². The van der Waals surface area contributed by atoms with Crippen LogP contribution < -0.4 is 21.3 Å². The largest absolute Gasteiger partial charge is 0.373 e. The highest BCUT2D eigenvalue weighted by Gasteiger charge is 2.27. The Morgan fingerprint density at radius 1 is 1.13 bits per heavy atom. The summed E-state index contributed by atoms with van der Waals surface area (Å²) in [5, 5.41) is 16.2. The number of fused-ring (bicyclic) bond motifs is 1. The molecule has 3 aliphatic rings. The van der Waals surface area contributed by atoms with Crippen LogP contribution in [0.2, 0.25) is 0 Å². The number of aromatic nitrogens is 3. The number of hydrogen-bond acceptors (Lipinski definition) is 8. The Labute approximate surface area is 220 Å². The molecule has 2 saturated heterocycles. The number of ether oxygens (including phenoxy) is 1. The van der Waals surface area contributed by atoms with Gasteiger partial charge in [-0.25, -0.2) is 9.78 Å². The van der Waals surface area contributed by atoms with Crippen molar-refractivity contribution >= 4 is 41.0 Å². The Balaban J connectivity index is 1.30. The second-order valence-corrected chi connectivity index (χ2v) is 10.4. The maximum Gasteiger partial charge on any atom is 0.326 e. The highest BCUT2D eigenvalue weighted by Crippen LogP contribution is 2.30. The van der Waals surface area contributed by atoms with Crippen LogP contribution in [0.3, 0.4) is 0 Å². The normalized spacial score (nSPS) is 23.9. The van der Waals surface area contributed by atoms with Gasteiger partial charge in [-0.15, -0.1) is 0 Å². The van der Waals surface area contributed by atoms with Crippen molar-refractivity contribution in [1.82, 2.24) is 30.1 Å². The van der Waals surface area contributed by atoms with E-state index in [4.69, 9.17) is 9.72 Å². The molecule has 4 heterocycles. The van der Waals surface area contributed by atoms with Gasteiger partial charge in [0.15, 0.2) is 5.65 Å². The van der Waals surface area contributed by atoms with Crippen LogP contribution in [0.5, 0.6) is 0 Å². The molecule has 1 aliphatic carbocycles. The molecule has 0 bridgehead atoms. The summed E-state index contributed by atoms with van der Waals surface area (Å²) >= 11 is 0. The number of nitrogens with one attached hydrogen (secondary N) is 4. The predicted octanol–water partition coefficient (Wildman–Crippen LogP) is 3.40. The van der Waals surface area contributed by atoms with E-state index in [1.165, 1.54) is 5.56 Å².